The molecule has 0 N–H and O–H groups in total. The minimum Gasteiger partial charge on any atom is -0.284 e. The van der Waals surface area contributed by atoms with Gasteiger partial charge in [0.15, 0.2) is 5.17 Å². The van der Waals surface area contributed by atoms with Crippen LogP contribution in [0.3, 0.4) is 0 Å². The monoisotopic (exact) mass is 385 g/mol. The van der Waals surface area contributed by atoms with Crippen molar-refractivity contribution in [3.63, 3.8) is 0 Å². The number of benzene rings is 2. The summed E-state index contributed by atoms with van der Waals surface area (Å²) in [5, 5.41) is 9.76. The second-order valence-electron chi connectivity index (χ2n) is 5.98. The molecule has 1 aliphatic heterocycles. The molecule has 4 nitrogen and oxygen atoms in total. The molecule has 3 rings (SSSR count). The van der Waals surface area contributed by atoms with Gasteiger partial charge in [0.2, 0.25) is 5.91 Å². The van der Waals surface area contributed by atoms with Gasteiger partial charge in [0.25, 0.3) is 0 Å². The molecule has 1 fully saturated rings. The Labute approximate surface area is 163 Å². The molecule has 1 heterocycles. The lowest BCUT2D eigenvalue weighted by molar-refractivity contribution is -0.126. The third-order valence-corrected chi connectivity index (χ3v) is 5.46. The molecule has 0 aliphatic carbocycles. The molecule has 1 saturated heterocycles. The van der Waals surface area contributed by atoms with Crippen molar-refractivity contribution in [3.8, 4) is 0 Å². The van der Waals surface area contributed by atoms with Crippen molar-refractivity contribution < 1.29 is 4.79 Å². The van der Waals surface area contributed by atoms with Crippen LogP contribution in [0.4, 0.5) is 0 Å². The van der Waals surface area contributed by atoms with Crippen LogP contribution >= 0.6 is 23.4 Å². The Bertz CT molecular complexity index is 806. The summed E-state index contributed by atoms with van der Waals surface area (Å²) in [5.74, 6) is 0.112. The van der Waals surface area contributed by atoms with Gasteiger partial charge in [-0.3, -0.25) is 9.69 Å². The number of hydrogen-bond acceptors (Lipinski definition) is 4. The van der Waals surface area contributed by atoms with E-state index in [0.717, 1.165) is 24.0 Å². The number of halogens is 1. The van der Waals surface area contributed by atoms with Gasteiger partial charge in [-0.15, -0.1) is 5.10 Å². The molecule has 1 unspecified atom stereocenters. The van der Waals surface area contributed by atoms with E-state index in [1.54, 1.807) is 11.1 Å². The van der Waals surface area contributed by atoms with Crippen molar-refractivity contribution in [2.75, 3.05) is 0 Å². The lowest BCUT2D eigenvalue weighted by Gasteiger charge is -2.15. The molecule has 0 aromatic heterocycles. The molecule has 134 valence electrons. The van der Waals surface area contributed by atoms with E-state index in [9.17, 15) is 4.79 Å². The SMILES string of the molecule is CCCC1S/C(=N/N=C/c2ccc(Cl)cc2)N(Cc2ccccc2)C1=O. The van der Waals surface area contributed by atoms with Gasteiger partial charge in [0.05, 0.1) is 18.0 Å². The zero-order valence-electron chi connectivity index (χ0n) is 14.5. The highest BCUT2D eigenvalue weighted by molar-refractivity contribution is 8.15. The predicted octanol–water partition coefficient (Wildman–Crippen LogP) is 4.97. The first-order chi connectivity index (χ1) is 12.7. The van der Waals surface area contributed by atoms with Gasteiger partial charge in [-0.1, -0.05) is 79.2 Å². The maximum Gasteiger partial charge on any atom is 0.242 e. The predicted molar refractivity (Wildman–Crippen MR) is 110 cm³/mol. The Morgan fingerprint density at radius 1 is 1.15 bits per heavy atom. The molecule has 1 atom stereocenters. The van der Waals surface area contributed by atoms with Crippen LogP contribution in [-0.2, 0) is 11.3 Å². The molecule has 2 aromatic carbocycles. The van der Waals surface area contributed by atoms with Crippen LogP contribution in [0.5, 0.6) is 0 Å². The van der Waals surface area contributed by atoms with Gasteiger partial charge < -0.3 is 0 Å². The summed E-state index contributed by atoms with van der Waals surface area (Å²) in [6.45, 7) is 2.60. The van der Waals surface area contributed by atoms with Gasteiger partial charge in [0, 0.05) is 5.02 Å². The second-order valence-corrected chi connectivity index (χ2v) is 7.59. The van der Waals surface area contributed by atoms with Crippen LogP contribution < -0.4 is 0 Å². The summed E-state index contributed by atoms with van der Waals surface area (Å²) in [6, 6.07) is 17.3. The lowest BCUT2D eigenvalue weighted by Crippen LogP contribution is -2.31. The lowest BCUT2D eigenvalue weighted by atomic mass is 10.2. The van der Waals surface area contributed by atoms with Crippen LogP contribution in [-0.4, -0.2) is 27.4 Å². The molecule has 0 radical (unpaired) electrons. The van der Waals surface area contributed by atoms with E-state index >= 15 is 0 Å². The van der Waals surface area contributed by atoms with Gasteiger partial charge in [-0.05, 0) is 29.7 Å². The molecule has 1 amide bonds. The van der Waals surface area contributed by atoms with Crippen molar-refractivity contribution >= 4 is 40.7 Å². The molecular formula is C20H20ClN3OS. The number of carbonyl (C=O) groups is 1. The van der Waals surface area contributed by atoms with Gasteiger partial charge in [-0.2, -0.15) is 5.10 Å². The average Bonchev–Trinajstić information content (AvgIpc) is 2.94. The molecular weight excluding hydrogens is 366 g/mol. The van der Waals surface area contributed by atoms with Gasteiger partial charge in [-0.25, -0.2) is 0 Å². The molecule has 1 aliphatic rings. The van der Waals surface area contributed by atoms with Crippen LogP contribution in [0.15, 0.2) is 64.8 Å². The van der Waals surface area contributed by atoms with Crippen LogP contribution in [0.2, 0.25) is 5.02 Å². The van der Waals surface area contributed by atoms with Gasteiger partial charge in [0.1, 0.15) is 0 Å². The van der Waals surface area contributed by atoms with Crippen LogP contribution in [0.25, 0.3) is 0 Å². The Morgan fingerprint density at radius 2 is 1.88 bits per heavy atom. The summed E-state index contributed by atoms with van der Waals surface area (Å²) in [6.07, 6.45) is 3.47. The Hall–Kier alpha value is -2.11. The topological polar surface area (TPSA) is 45.0 Å². The molecule has 0 saturated carbocycles. The van der Waals surface area contributed by atoms with E-state index in [2.05, 4.69) is 17.1 Å². The third kappa shape index (κ3) is 4.74. The van der Waals surface area contributed by atoms with E-state index in [0.29, 0.717) is 16.7 Å². The minimum atomic E-state index is -0.0757. The first-order valence-corrected chi connectivity index (χ1v) is 9.81. The molecule has 6 heteroatoms. The highest BCUT2D eigenvalue weighted by atomic mass is 35.5. The number of hydrogen-bond donors (Lipinski definition) is 0. The molecule has 0 spiro atoms. The highest BCUT2D eigenvalue weighted by Crippen LogP contribution is 2.31. The standard InChI is InChI=1S/C20H20ClN3OS/c1-2-6-18-19(25)24(14-16-7-4-3-5-8-16)20(26-18)23-22-13-15-9-11-17(21)12-10-15/h3-5,7-13,18H,2,6,14H2,1H3/b22-13+,23-20+. The zero-order valence-corrected chi connectivity index (χ0v) is 16.1. The Balaban J connectivity index is 1.79. The number of thioether (sulfide) groups is 1. The fourth-order valence-corrected chi connectivity index (χ4v) is 3.97. The quantitative estimate of drug-likeness (QED) is 0.520. The second kappa shape index (κ2) is 9.01. The maximum absolute atomic E-state index is 12.7. The summed E-state index contributed by atoms with van der Waals surface area (Å²) in [5.41, 5.74) is 1.99. The van der Waals surface area contributed by atoms with Crippen molar-refractivity contribution in [2.24, 2.45) is 10.2 Å². The van der Waals surface area contributed by atoms with E-state index in [-0.39, 0.29) is 11.2 Å². The van der Waals surface area contributed by atoms with Crippen molar-refractivity contribution in [1.82, 2.24) is 4.90 Å². The third-order valence-electron chi connectivity index (χ3n) is 3.97. The highest BCUT2D eigenvalue weighted by Gasteiger charge is 2.37. The van der Waals surface area contributed by atoms with Crippen molar-refractivity contribution in [3.05, 3.63) is 70.7 Å². The van der Waals surface area contributed by atoms with Crippen molar-refractivity contribution in [2.45, 2.75) is 31.6 Å². The number of nitrogens with zero attached hydrogens (tertiary/aromatic N) is 3. The largest absolute Gasteiger partial charge is 0.284 e. The van der Waals surface area contributed by atoms with E-state index in [1.807, 2.05) is 54.6 Å². The first-order valence-electron chi connectivity index (χ1n) is 8.56. The van der Waals surface area contributed by atoms with E-state index < -0.39 is 0 Å². The summed E-state index contributed by atoms with van der Waals surface area (Å²) in [4.78, 5) is 14.5. The summed E-state index contributed by atoms with van der Waals surface area (Å²) >= 11 is 7.39. The molecule has 0 bridgehead atoms. The van der Waals surface area contributed by atoms with Crippen molar-refractivity contribution in [1.29, 1.82) is 0 Å². The van der Waals surface area contributed by atoms with Crippen LogP contribution in [0.1, 0.15) is 30.9 Å². The van der Waals surface area contributed by atoms with Crippen LogP contribution in [0, 0.1) is 0 Å². The smallest absolute Gasteiger partial charge is 0.242 e. The zero-order chi connectivity index (χ0) is 18.4. The number of amidine groups is 1. The molecule has 2 aromatic rings. The van der Waals surface area contributed by atoms with E-state index in [1.165, 1.54) is 11.8 Å². The fourth-order valence-electron chi connectivity index (χ4n) is 2.64. The Morgan fingerprint density at radius 3 is 2.58 bits per heavy atom. The number of carbonyl (C=O) groups excluding carboxylic acids is 1. The number of amides is 1. The first kappa shape index (κ1) is 18.7. The summed E-state index contributed by atoms with van der Waals surface area (Å²) < 4.78 is 0. The molecule has 26 heavy (non-hydrogen) atoms. The maximum atomic E-state index is 12.7. The van der Waals surface area contributed by atoms with E-state index in [4.69, 9.17) is 11.6 Å². The fraction of sp³-hybridized carbons (Fsp3) is 0.250. The average molecular weight is 386 g/mol. The minimum absolute atomic E-state index is 0.0757. The normalized spacial score (nSPS) is 19.0. The summed E-state index contributed by atoms with van der Waals surface area (Å²) in [7, 11) is 0. The van der Waals surface area contributed by atoms with Gasteiger partial charge >= 0.3 is 0 Å². The number of rotatable bonds is 6. The Kier molecular flexibility index (Phi) is 6.47.